The molecule has 18 heteroatoms. The molecular formula is C45H53F3N8O7. The van der Waals surface area contributed by atoms with E-state index in [4.69, 9.17) is 9.84 Å². The highest BCUT2D eigenvalue weighted by Crippen LogP contribution is 2.38. The van der Waals surface area contributed by atoms with Gasteiger partial charge in [0, 0.05) is 60.7 Å². The van der Waals surface area contributed by atoms with Gasteiger partial charge in [-0.1, -0.05) is 12.1 Å². The van der Waals surface area contributed by atoms with Gasteiger partial charge < -0.3 is 35.8 Å². The van der Waals surface area contributed by atoms with E-state index in [1.807, 2.05) is 10.9 Å². The van der Waals surface area contributed by atoms with E-state index in [-0.39, 0.29) is 48.2 Å². The molecule has 0 radical (unpaired) electrons. The maximum Gasteiger partial charge on any atom is 0.433 e. The van der Waals surface area contributed by atoms with Gasteiger partial charge in [0.1, 0.15) is 17.6 Å². The number of hydrogen-bond acceptors (Lipinski definition) is 11. The fraction of sp³-hybridized carbons (Fsp3) is 0.511. The number of amides is 4. The summed E-state index contributed by atoms with van der Waals surface area (Å²) in [6, 6.07) is 11.1. The molecule has 4 amide bonds. The van der Waals surface area contributed by atoms with Crippen molar-refractivity contribution in [3.8, 4) is 0 Å². The van der Waals surface area contributed by atoms with Crippen LogP contribution in [0, 0.1) is 5.92 Å². The Bertz CT molecular complexity index is 2390. The maximum atomic E-state index is 13.5. The number of nitrogens with one attached hydrogen (secondary N) is 3. The van der Waals surface area contributed by atoms with Crippen LogP contribution >= 0.6 is 0 Å². The molecule has 2 aliphatic carbocycles. The zero-order valence-electron chi connectivity index (χ0n) is 35.5. The lowest BCUT2D eigenvalue weighted by molar-refractivity contribution is -0.141. The number of benzene rings is 2. The smallest absolute Gasteiger partial charge is 0.386 e. The van der Waals surface area contributed by atoms with E-state index in [0.717, 1.165) is 80.5 Å². The Labute approximate surface area is 362 Å². The van der Waals surface area contributed by atoms with Crippen molar-refractivity contribution in [3.05, 3.63) is 82.8 Å². The van der Waals surface area contributed by atoms with Gasteiger partial charge in [-0.2, -0.15) is 18.3 Å². The third-order valence-electron chi connectivity index (χ3n) is 12.7. The van der Waals surface area contributed by atoms with Crippen LogP contribution in [0.3, 0.4) is 0 Å². The first-order valence-corrected chi connectivity index (χ1v) is 21.6. The molecule has 2 atom stereocenters. The number of halogens is 3. The van der Waals surface area contributed by atoms with Crippen molar-refractivity contribution in [2.24, 2.45) is 5.92 Å². The third-order valence-corrected chi connectivity index (χ3v) is 12.7. The number of hydrogen-bond donors (Lipinski definition) is 5. The highest BCUT2D eigenvalue weighted by molar-refractivity contribution is 6.24. The van der Waals surface area contributed by atoms with Crippen molar-refractivity contribution in [1.82, 2.24) is 29.9 Å². The van der Waals surface area contributed by atoms with E-state index in [1.165, 1.54) is 6.07 Å². The molecule has 2 aliphatic heterocycles. The van der Waals surface area contributed by atoms with E-state index in [2.05, 4.69) is 32.9 Å². The average molecular weight is 875 g/mol. The van der Waals surface area contributed by atoms with E-state index >= 15 is 0 Å². The predicted molar refractivity (Wildman–Crippen MR) is 226 cm³/mol. The summed E-state index contributed by atoms with van der Waals surface area (Å²) in [6.07, 6.45) is 2.70. The summed E-state index contributed by atoms with van der Waals surface area (Å²) in [7, 11) is 2.13. The molecule has 2 aromatic carbocycles. The van der Waals surface area contributed by atoms with E-state index < -0.39 is 53.2 Å². The van der Waals surface area contributed by atoms with Gasteiger partial charge in [-0.3, -0.25) is 28.8 Å². The Balaban J connectivity index is 0.767. The van der Waals surface area contributed by atoms with E-state index in [0.29, 0.717) is 34.9 Å². The standard InChI is InChI=1S/C45H53F3N8O7/c1-44(2,62)31-22-34-26(19-35(31)51-40(58)33-9-5-10-37(50-33)45(46,47)48)24-55(53-34)28-13-11-25(12-14-28)23-54(3)17-6-18-63-29-20-27(21-29)49-32-8-4-7-30-39(32)43(61)56(42(30)60)36-15-16-38(57)52-41(36)59/h4-5,7-10,19,22,24-25,27-29,36,41,49,59,62H,6,11-18,20-21,23H2,1-3H3,(H,51,58)(H,52,57). The number of carbonyl (C=O) groups excluding carboxylic acids is 4. The van der Waals surface area contributed by atoms with Crippen LogP contribution in [0.2, 0.25) is 0 Å². The molecule has 3 fully saturated rings. The lowest BCUT2D eigenvalue weighted by atomic mass is 9.86. The van der Waals surface area contributed by atoms with Crippen molar-refractivity contribution in [2.45, 2.75) is 114 Å². The minimum Gasteiger partial charge on any atom is -0.386 e. The summed E-state index contributed by atoms with van der Waals surface area (Å²) in [5.74, 6) is -1.55. The number of nitrogens with zero attached hydrogens (tertiary/aromatic N) is 5. The number of anilines is 2. The number of ether oxygens (including phenoxy) is 1. The molecule has 1 saturated heterocycles. The monoisotopic (exact) mass is 874 g/mol. The second-order valence-corrected chi connectivity index (χ2v) is 17.9. The maximum absolute atomic E-state index is 13.5. The van der Waals surface area contributed by atoms with Crippen molar-refractivity contribution in [1.29, 1.82) is 0 Å². The molecule has 8 rings (SSSR count). The van der Waals surface area contributed by atoms with Crippen LogP contribution in [0.15, 0.2) is 54.7 Å². The van der Waals surface area contributed by atoms with Gasteiger partial charge in [-0.25, -0.2) is 4.98 Å². The molecule has 63 heavy (non-hydrogen) atoms. The summed E-state index contributed by atoms with van der Waals surface area (Å²) in [5, 5.41) is 35.4. The number of piperidine rings is 1. The Kier molecular flexibility index (Phi) is 12.4. The van der Waals surface area contributed by atoms with Gasteiger partial charge in [-0.15, -0.1) is 0 Å². The zero-order chi connectivity index (χ0) is 44.8. The molecule has 15 nitrogen and oxygen atoms in total. The normalized spacial score (nSPS) is 24.1. The Morgan fingerprint density at radius 1 is 1.00 bits per heavy atom. The molecule has 4 heterocycles. The molecule has 2 unspecified atom stereocenters. The summed E-state index contributed by atoms with van der Waals surface area (Å²) in [4.78, 5) is 58.4. The Hall–Kier alpha value is -5.43. The highest BCUT2D eigenvalue weighted by Gasteiger charge is 2.46. The van der Waals surface area contributed by atoms with Gasteiger partial charge >= 0.3 is 6.18 Å². The van der Waals surface area contributed by atoms with Crippen LogP contribution in [-0.4, -0.2) is 110 Å². The van der Waals surface area contributed by atoms with Crippen molar-refractivity contribution in [2.75, 3.05) is 37.4 Å². The minimum atomic E-state index is -4.70. The number of carbonyl (C=O) groups is 4. The van der Waals surface area contributed by atoms with Gasteiger partial charge in [-0.05, 0) is 115 Å². The van der Waals surface area contributed by atoms with Crippen molar-refractivity contribution < 1.29 is 47.3 Å². The predicted octanol–water partition coefficient (Wildman–Crippen LogP) is 5.84. The molecular weight excluding hydrogens is 822 g/mol. The highest BCUT2D eigenvalue weighted by atomic mass is 19.4. The summed E-state index contributed by atoms with van der Waals surface area (Å²) >= 11 is 0. The zero-order valence-corrected chi connectivity index (χ0v) is 35.5. The van der Waals surface area contributed by atoms with Gasteiger partial charge in [0.25, 0.3) is 17.7 Å². The van der Waals surface area contributed by atoms with Gasteiger partial charge in [0.15, 0.2) is 0 Å². The molecule has 336 valence electrons. The lowest BCUT2D eigenvalue weighted by Crippen LogP contribution is -2.57. The average Bonchev–Trinajstić information content (AvgIpc) is 3.75. The van der Waals surface area contributed by atoms with Crippen molar-refractivity contribution in [3.63, 3.8) is 0 Å². The second-order valence-electron chi connectivity index (χ2n) is 17.9. The number of aliphatic hydroxyl groups is 2. The summed E-state index contributed by atoms with van der Waals surface area (Å²) < 4.78 is 47.9. The molecule has 4 aromatic rings. The van der Waals surface area contributed by atoms with Crippen LogP contribution < -0.4 is 16.0 Å². The fourth-order valence-corrected chi connectivity index (χ4v) is 9.31. The van der Waals surface area contributed by atoms with E-state index in [9.17, 15) is 42.6 Å². The van der Waals surface area contributed by atoms with Gasteiger partial charge in [0.05, 0.1) is 40.4 Å². The van der Waals surface area contributed by atoms with Crippen LogP contribution in [0.25, 0.3) is 10.9 Å². The summed E-state index contributed by atoms with van der Waals surface area (Å²) in [6.45, 7) is 5.63. The second kappa shape index (κ2) is 17.6. The number of fused-ring (bicyclic) bond motifs is 2. The number of imide groups is 1. The number of aromatic nitrogens is 3. The molecule has 2 aromatic heterocycles. The van der Waals surface area contributed by atoms with Crippen LogP contribution in [-0.2, 0) is 21.3 Å². The molecule has 2 saturated carbocycles. The minimum absolute atomic E-state index is 0.0882. The third kappa shape index (κ3) is 9.59. The first kappa shape index (κ1) is 44.2. The fourth-order valence-electron chi connectivity index (χ4n) is 9.31. The lowest BCUT2D eigenvalue weighted by Gasteiger charge is -2.37. The van der Waals surface area contributed by atoms with Gasteiger partial charge in [0.2, 0.25) is 5.91 Å². The first-order valence-electron chi connectivity index (χ1n) is 21.6. The van der Waals surface area contributed by atoms with Crippen LogP contribution in [0.4, 0.5) is 24.5 Å². The number of alkyl halides is 3. The molecule has 5 N–H and O–H groups in total. The molecule has 0 spiro atoms. The SMILES string of the molecule is CN(CCCOC1CC(Nc2cccc3c2C(=O)N(C2CCC(=O)NC2O)C3=O)C1)CC1CCC(n2cc3cc(NC(=O)c4cccc(C(F)(F)F)n4)c(C(C)(C)O)cc3n2)CC1. The molecule has 0 bridgehead atoms. The number of pyridine rings is 1. The quantitative estimate of drug-likeness (QED) is 0.0757. The first-order chi connectivity index (χ1) is 29.9. The largest absolute Gasteiger partial charge is 0.433 e. The topological polar surface area (TPSA) is 191 Å². The number of rotatable bonds is 14. The number of aliphatic hydroxyl groups excluding tert-OH is 1. The van der Waals surface area contributed by atoms with Crippen molar-refractivity contribution >= 4 is 45.9 Å². The van der Waals surface area contributed by atoms with E-state index in [1.54, 1.807) is 44.2 Å². The summed E-state index contributed by atoms with van der Waals surface area (Å²) in [5.41, 5.74) is -0.512. The Morgan fingerprint density at radius 3 is 2.46 bits per heavy atom. The Morgan fingerprint density at radius 2 is 1.75 bits per heavy atom. The van der Waals surface area contributed by atoms with Crippen LogP contribution in [0.5, 0.6) is 0 Å². The van der Waals surface area contributed by atoms with Crippen LogP contribution in [0.1, 0.15) is 120 Å². The molecule has 4 aliphatic rings.